The van der Waals surface area contributed by atoms with Gasteiger partial charge in [-0.2, -0.15) is 0 Å². The van der Waals surface area contributed by atoms with Crippen LogP contribution < -0.4 is 16.0 Å². The Labute approximate surface area is 118 Å². The van der Waals surface area contributed by atoms with E-state index in [1.165, 1.54) is 19.2 Å². The summed E-state index contributed by atoms with van der Waals surface area (Å²) in [7, 11) is 1.50. The van der Waals surface area contributed by atoms with Crippen molar-refractivity contribution in [1.29, 1.82) is 0 Å². The zero-order chi connectivity index (χ0) is 15.0. The SMILES string of the molecule is CCCCC(NC(=O)NC)C(=O)Nc1ccc(O)cc1. The molecule has 0 saturated carbocycles. The van der Waals surface area contributed by atoms with Crippen LogP contribution in [0.25, 0.3) is 0 Å². The number of anilines is 1. The van der Waals surface area contributed by atoms with E-state index >= 15 is 0 Å². The van der Waals surface area contributed by atoms with Gasteiger partial charge in [0.05, 0.1) is 0 Å². The second kappa shape index (κ2) is 8.04. The number of aromatic hydroxyl groups is 1. The largest absolute Gasteiger partial charge is 0.508 e. The Morgan fingerprint density at radius 3 is 2.45 bits per heavy atom. The molecule has 3 amide bonds. The highest BCUT2D eigenvalue weighted by Crippen LogP contribution is 2.14. The molecule has 0 saturated heterocycles. The summed E-state index contributed by atoms with van der Waals surface area (Å²) in [6, 6.07) is 5.22. The first kappa shape index (κ1) is 15.8. The van der Waals surface area contributed by atoms with E-state index in [0.29, 0.717) is 12.1 Å². The van der Waals surface area contributed by atoms with Gasteiger partial charge >= 0.3 is 6.03 Å². The summed E-state index contributed by atoms with van der Waals surface area (Å²) >= 11 is 0. The molecule has 1 unspecified atom stereocenters. The predicted octanol–water partition coefficient (Wildman–Crippen LogP) is 1.82. The number of hydrogen-bond donors (Lipinski definition) is 4. The maximum Gasteiger partial charge on any atom is 0.315 e. The second-order valence-corrected chi connectivity index (χ2v) is 4.45. The summed E-state index contributed by atoms with van der Waals surface area (Å²) in [5, 5.41) is 17.0. The molecule has 6 heteroatoms. The molecule has 0 heterocycles. The van der Waals surface area contributed by atoms with Crippen molar-refractivity contribution in [1.82, 2.24) is 10.6 Å². The molecule has 0 aromatic heterocycles. The zero-order valence-corrected chi connectivity index (χ0v) is 11.8. The van der Waals surface area contributed by atoms with Crippen molar-refractivity contribution in [3.8, 4) is 5.75 Å². The van der Waals surface area contributed by atoms with Crippen LogP contribution in [-0.4, -0.2) is 30.1 Å². The van der Waals surface area contributed by atoms with E-state index in [1.54, 1.807) is 12.1 Å². The van der Waals surface area contributed by atoms with Crippen molar-refractivity contribution in [2.24, 2.45) is 0 Å². The molecular weight excluding hydrogens is 258 g/mol. The van der Waals surface area contributed by atoms with Crippen LogP contribution in [0.2, 0.25) is 0 Å². The summed E-state index contributed by atoms with van der Waals surface area (Å²) in [5.41, 5.74) is 0.577. The van der Waals surface area contributed by atoms with Gasteiger partial charge in [0.15, 0.2) is 0 Å². The van der Waals surface area contributed by atoms with Crippen LogP contribution in [-0.2, 0) is 4.79 Å². The fourth-order valence-electron chi connectivity index (χ4n) is 1.68. The van der Waals surface area contributed by atoms with Crippen molar-refractivity contribution in [2.75, 3.05) is 12.4 Å². The van der Waals surface area contributed by atoms with Crippen LogP contribution in [0.5, 0.6) is 5.75 Å². The molecule has 0 spiro atoms. The minimum absolute atomic E-state index is 0.133. The number of unbranched alkanes of at least 4 members (excludes halogenated alkanes) is 1. The lowest BCUT2D eigenvalue weighted by Gasteiger charge is -2.18. The summed E-state index contributed by atoms with van der Waals surface area (Å²) in [6.07, 6.45) is 2.36. The first-order valence-electron chi connectivity index (χ1n) is 6.65. The molecule has 1 rings (SSSR count). The van der Waals surface area contributed by atoms with Crippen molar-refractivity contribution in [3.05, 3.63) is 24.3 Å². The number of amides is 3. The van der Waals surface area contributed by atoms with E-state index in [1.807, 2.05) is 6.92 Å². The number of phenolic OH excluding ortho intramolecular Hbond substituents is 1. The number of carbonyl (C=O) groups is 2. The predicted molar refractivity (Wildman–Crippen MR) is 77.6 cm³/mol. The first-order chi connectivity index (χ1) is 9.56. The monoisotopic (exact) mass is 279 g/mol. The highest BCUT2D eigenvalue weighted by molar-refractivity contribution is 5.96. The fourth-order valence-corrected chi connectivity index (χ4v) is 1.68. The maximum atomic E-state index is 12.1. The minimum atomic E-state index is -0.580. The van der Waals surface area contributed by atoms with Gasteiger partial charge in [0.25, 0.3) is 0 Å². The van der Waals surface area contributed by atoms with Gasteiger partial charge < -0.3 is 21.1 Å². The molecule has 1 aromatic rings. The summed E-state index contributed by atoms with van der Waals surface area (Å²) in [6.45, 7) is 2.02. The number of nitrogens with one attached hydrogen (secondary N) is 3. The van der Waals surface area contributed by atoms with Crippen LogP contribution in [0.1, 0.15) is 26.2 Å². The fraction of sp³-hybridized carbons (Fsp3) is 0.429. The maximum absolute atomic E-state index is 12.1. The van der Waals surface area contributed by atoms with Crippen molar-refractivity contribution >= 4 is 17.6 Å². The lowest BCUT2D eigenvalue weighted by molar-refractivity contribution is -0.118. The molecule has 110 valence electrons. The van der Waals surface area contributed by atoms with Crippen LogP contribution in [0, 0.1) is 0 Å². The average Bonchev–Trinajstić information content (AvgIpc) is 2.45. The molecule has 0 radical (unpaired) electrons. The van der Waals surface area contributed by atoms with Crippen LogP contribution in [0.4, 0.5) is 10.5 Å². The molecule has 1 atom stereocenters. The molecule has 0 fully saturated rings. The van der Waals surface area contributed by atoms with E-state index in [-0.39, 0.29) is 17.7 Å². The van der Waals surface area contributed by atoms with Crippen molar-refractivity contribution in [2.45, 2.75) is 32.2 Å². The molecule has 0 bridgehead atoms. The van der Waals surface area contributed by atoms with E-state index in [0.717, 1.165) is 12.8 Å². The van der Waals surface area contributed by atoms with Gasteiger partial charge in [0, 0.05) is 12.7 Å². The van der Waals surface area contributed by atoms with E-state index < -0.39 is 6.04 Å². The third-order valence-corrected chi connectivity index (χ3v) is 2.83. The average molecular weight is 279 g/mol. The van der Waals surface area contributed by atoms with Gasteiger partial charge in [0.1, 0.15) is 11.8 Å². The lowest BCUT2D eigenvalue weighted by Crippen LogP contribution is -2.47. The lowest BCUT2D eigenvalue weighted by atomic mass is 10.1. The Hall–Kier alpha value is -2.24. The van der Waals surface area contributed by atoms with Gasteiger partial charge in [-0.1, -0.05) is 19.8 Å². The first-order valence-corrected chi connectivity index (χ1v) is 6.65. The number of urea groups is 1. The van der Waals surface area contributed by atoms with Crippen LogP contribution >= 0.6 is 0 Å². The van der Waals surface area contributed by atoms with Crippen LogP contribution in [0.15, 0.2) is 24.3 Å². The molecule has 0 aliphatic carbocycles. The Balaban J connectivity index is 2.66. The molecule has 4 N–H and O–H groups in total. The number of benzene rings is 1. The quantitative estimate of drug-likeness (QED) is 0.599. The van der Waals surface area contributed by atoms with Gasteiger partial charge in [-0.05, 0) is 30.7 Å². The highest BCUT2D eigenvalue weighted by atomic mass is 16.3. The third-order valence-electron chi connectivity index (χ3n) is 2.83. The number of hydrogen-bond acceptors (Lipinski definition) is 3. The Morgan fingerprint density at radius 1 is 1.25 bits per heavy atom. The van der Waals surface area contributed by atoms with Crippen molar-refractivity contribution in [3.63, 3.8) is 0 Å². The van der Waals surface area contributed by atoms with Gasteiger partial charge in [-0.25, -0.2) is 4.79 Å². The molecule has 20 heavy (non-hydrogen) atoms. The third kappa shape index (κ3) is 5.17. The van der Waals surface area contributed by atoms with E-state index in [9.17, 15) is 14.7 Å². The summed E-state index contributed by atoms with van der Waals surface area (Å²) in [4.78, 5) is 23.5. The Bertz CT molecular complexity index is 445. The molecule has 0 aliphatic rings. The van der Waals surface area contributed by atoms with E-state index in [4.69, 9.17) is 0 Å². The van der Waals surface area contributed by atoms with Gasteiger partial charge in [-0.15, -0.1) is 0 Å². The van der Waals surface area contributed by atoms with E-state index in [2.05, 4.69) is 16.0 Å². The smallest absolute Gasteiger partial charge is 0.315 e. The minimum Gasteiger partial charge on any atom is -0.508 e. The Morgan fingerprint density at radius 2 is 1.90 bits per heavy atom. The summed E-state index contributed by atoms with van der Waals surface area (Å²) < 4.78 is 0. The topological polar surface area (TPSA) is 90.5 Å². The zero-order valence-electron chi connectivity index (χ0n) is 11.8. The molecular formula is C14H21N3O3. The molecule has 0 aliphatic heterocycles. The van der Waals surface area contributed by atoms with Gasteiger partial charge in [0.2, 0.25) is 5.91 Å². The number of phenols is 1. The van der Waals surface area contributed by atoms with Gasteiger partial charge in [-0.3, -0.25) is 4.79 Å². The highest BCUT2D eigenvalue weighted by Gasteiger charge is 2.19. The summed E-state index contributed by atoms with van der Waals surface area (Å²) in [5.74, 6) is -0.137. The number of rotatable bonds is 6. The van der Waals surface area contributed by atoms with Crippen molar-refractivity contribution < 1.29 is 14.7 Å². The normalized spacial score (nSPS) is 11.5. The second-order valence-electron chi connectivity index (χ2n) is 4.45. The molecule has 6 nitrogen and oxygen atoms in total. The molecule has 1 aromatic carbocycles. The number of carbonyl (C=O) groups excluding carboxylic acids is 2. The Kier molecular flexibility index (Phi) is 6.36. The van der Waals surface area contributed by atoms with Crippen LogP contribution in [0.3, 0.4) is 0 Å². The standard InChI is InChI=1S/C14H21N3O3/c1-3-4-5-12(17-14(20)15-2)13(19)16-10-6-8-11(18)9-7-10/h6-9,12,18H,3-5H2,1-2H3,(H,16,19)(H2,15,17,20).